The van der Waals surface area contributed by atoms with Crippen LogP contribution >= 0.6 is 0 Å². The Balaban J connectivity index is 0.000000611. The molecule has 0 bridgehead atoms. The second-order valence-electron chi connectivity index (χ2n) is 9.02. The second kappa shape index (κ2) is 18.9. The molecule has 1 atom stereocenters. The summed E-state index contributed by atoms with van der Waals surface area (Å²) in [4.78, 5) is 31.7. The van der Waals surface area contributed by atoms with Gasteiger partial charge in [-0.25, -0.2) is 0 Å². The molecule has 0 aliphatic heterocycles. The summed E-state index contributed by atoms with van der Waals surface area (Å²) in [5.41, 5.74) is 16.2. The quantitative estimate of drug-likeness (QED) is 0.155. The summed E-state index contributed by atoms with van der Waals surface area (Å²) in [6, 6.07) is 15.8. The van der Waals surface area contributed by atoms with E-state index in [0.29, 0.717) is 52.6 Å². The molecule has 0 saturated carbocycles. The van der Waals surface area contributed by atoms with Crippen molar-refractivity contribution in [3.05, 3.63) is 59.7 Å². The number of carboxylic acid groups (broad SMARTS) is 2. The maximum absolute atomic E-state index is 12.4. The molecule has 0 heterocycles. The van der Waals surface area contributed by atoms with E-state index in [1.165, 1.54) is 22.3 Å². The van der Waals surface area contributed by atoms with E-state index >= 15 is 0 Å². The van der Waals surface area contributed by atoms with Crippen molar-refractivity contribution in [2.24, 2.45) is 11.5 Å². The van der Waals surface area contributed by atoms with Gasteiger partial charge in [0.15, 0.2) is 0 Å². The molecule has 40 heavy (non-hydrogen) atoms. The minimum Gasteiger partial charge on any atom is -0.481 e. The number of fused-ring (bicyclic) bond motifs is 3. The normalized spacial score (nSPS) is 12.6. The van der Waals surface area contributed by atoms with Crippen LogP contribution in [-0.2, 0) is 33.3 Å². The fourth-order valence-corrected chi connectivity index (χ4v) is 3.98. The van der Waals surface area contributed by atoms with Crippen LogP contribution in [0.25, 0.3) is 11.1 Å². The van der Waals surface area contributed by atoms with Crippen molar-refractivity contribution in [3.63, 3.8) is 0 Å². The zero-order valence-corrected chi connectivity index (χ0v) is 22.7. The van der Waals surface area contributed by atoms with E-state index < -0.39 is 23.9 Å². The Hall–Kier alpha value is -3.35. The third kappa shape index (κ3) is 11.8. The van der Waals surface area contributed by atoms with Crippen molar-refractivity contribution < 1.29 is 43.5 Å². The third-order valence-corrected chi connectivity index (χ3v) is 6.02. The molecule has 11 heteroatoms. The van der Waals surface area contributed by atoms with Gasteiger partial charge in [0.25, 0.3) is 0 Å². The highest BCUT2D eigenvalue weighted by molar-refractivity contribution is 5.79. The maximum Gasteiger partial charge on any atom is 0.323 e. The van der Waals surface area contributed by atoms with E-state index in [1.54, 1.807) is 0 Å². The number of benzene rings is 2. The summed E-state index contributed by atoms with van der Waals surface area (Å²) in [6.07, 6.45) is 0.663. The van der Waals surface area contributed by atoms with Crippen LogP contribution in [0.1, 0.15) is 42.7 Å². The largest absolute Gasteiger partial charge is 0.481 e. The third-order valence-electron chi connectivity index (χ3n) is 6.02. The molecule has 220 valence electrons. The lowest BCUT2D eigenvalue weighted by molar-refractivity contribution is -0.146. The lowest BCUT2D eigenvalue weighted by Gasteiger charge is -2.16. The van der Waals surface area contributed by atoms with Crippen molar-refractivity contribution in [1.29, 1.82) is 0 Å². The number of carbonyl (C=O) groups excluding carboxylic acids is 1. The van der Waals surface area contributed by atoms with Crippen molar-refractivity contribution in [2.45, 2.75) is 37.6 Å². The smallest absolute Gasteiger partial charge is 0.323 e. The minimum absolute atomic E-state index is 0.0336. The lowest BCUT2D eigenvalue weighted by atomic mass is 9.98. The number of hydrogen-bond acceptors (Lipinski definition) is 9. The number of carbonyl (C=O) groups is 3. The van der Waals surface area contributed by atoms with E-state index in [9.17, 15) is 14.4 Å². The molecular formula is C29H40N2O9. The Kier molecular flexibility index (Phi) is 15.5. The van der Waals surface area contributed by atoms with Gasteiger partial charge < -0.3 is 40.6 Å². The molecule has 0 aromatic heterocycles. The summed E-state index contributed by atoms with van der Waals surface area (Å²) >= 11 is 0. The predicted octanol–water partition coefficient (Wildman–Crippen LogP) is 2.39. The molecule has 2 aromatic carbocycles. The van der Waals surface area contributed by atoms with Crippen LogP contribution in [0.5, 0.6) is 0 Å². The van der Waals surface area contributed by atoms with Crippen molar-refractivity contribution >= 4 is 17.9 Å². The van der Waals surface area contributed by atoms with Gasteiger partial charge in [0.1, 0.15) is 12.6 Å². The van der Waals surface area contributed by atoms with Gasteiger partial charge >= 0.3 is 17.9 Å². The average molecular weight is 561 g/mol. The number of aliphatic carboxylic acids is 2. The topological polar surface area (TPSA) is 181 Å². The zero-order valence-electron chi connectivity index (χ0n) is 22.7. The van der Waals surface area contributed by atoms with Crippen LogP contribution < -0.4 is 11.5 Å². The standard InChI is InChI=1S/C25H34N2O5.C4H6O4/c26-11-5-12-29-14-16-31-17-15-30-13-10-24(27)25(28)32-18-23-21-8-3-1-6-19(21)20-7-2-4-9-22(20)23;5-3(6)1-2-4(7)8/h1-4,6-9,23-24H,5,10-18,26-27H2;1-2H2,(H,5,6)(H,7,8). The molecule has 0 fully saturated rings. The van der Waals surface area contributed by atoms with Crippen LogP contribution in [0.3, 0.4) is 0 Å². The highest BCUT2D eigenvalue weighted by Gasteiger charge is 2.29. The number of ether oxygens (including phenoxy) is 4. The lowest BCUT2D eigenvalue weighted by Crippen LogP contribution is -2.34. The molecule has 11 nitrogen and oxygen atoms in total. The summed E-state index contributed by atoms with van der Waals surface area (Å²) in [7, 11) is 0. The summed E-state index contributed by atoms with van der Waals surface area (Å²) < 4.78 is 21.8. The van der Waals surface area contributed by atoms with Gasteiger partial charge in [0.2, 0.25) is 0 Å². The molecule has 0 spiro atoms. The van der Waals surface area contributed by atoms with E-state index in [1.807, 2.05) is 24.3 Å². The summed E-state index contributed by atoms with van der Waals surface area (Å²) in [5, 5.41) is 15.8. The fraction of sp³-hybridized carbons (Fsp3) is 0.483. The van der Waals surface area contributed by atoms with Gasteiger partial charge in [0.05, 0.1) is 39.3 Å². The van der Waals surface area contributed by atoms with Crippen LogP contribution in [0.2, 0.25) is 0 Å². The van der Waals surface area contributed by atoms with Crippen LogP contribution in [0.4, 0.5) is 0 Å². The first kappa shape index (κ1) is 32.9. The summed E-state index contributed by atoms with van der Waals surface area (Å²) in [6.45, 7) is 3.93. The van der Waals surface area contributed by atoms with Crippen LogP contribution in [-0.4, -0.2) is 87.0 Å². The molecule has 0 amide bonds. The molecule has 6 N–H and O–H groups in total. The number of carboxylic acids is 2. The Morgan fingerprint density at radius 1 is 0.750 bits per heavy atom. The number of nitrogens with two attached hydrogens (primary N) is 2. The SMILES string of the molecule is NCCCOCCOCCOCCC(N)C(=O)OCC1c2ccccc2-c2ccccc21.O=C(O)CCC(=O)O. The Bertz CT molecular complexity index is 1000. The van der Waals surface area contributed by atoms with Crippen LogP contribution in [0.15, 0.2) is 48.5 Å². The van der Waals surface area contributed by atoms with Gasteiger partial charge in [0, 0.05) is 19.1 Å². The fourth-order valence-electron chi connectivity index (χ4n) is 3.98. The van der Waals surface area contributed by atoms with Gasteiger partial charge in [-0.3, -0.25) is 14.4 Å². The Morgan fingerprint density at radius 3 is 1.73 bits per heavy atom. The first-order valence-corrected chi connectivity index (χ1v) is 13.3. The zero-order chi connectivity index (χ0) is 29.2. The first-order valence-electron chi connectivity index (χ1n) is 13.3. The van der Waals surface area contributed by atoms with Crippen molar-refractivity contribution in [2.75, 3.05) is 52.8 Å². The summed E-state index contributed by atoms with van der Waals surface area (Å²) in [5.74, 6) is -2.52. The molecule has 1 aliphatic carbocycles. The maximum atomic E-state index is 12.4. The molecule has 0 saturated heterocycles. The average Bonchev–Trinajstić information content (AvgIpc) is 3.27. The van der Waals surface area contributed by atoms with Gasteiger partial charge in [-0.2, -0.15) is 0 Å². The predicted molar refractivity (Wildman–Crippen MR) is 148 cm³/mol. The van der Waals surface area contributed by atoms with Crippen LogP contribution in [0, 0.1) is 0 Å². The minimum atomic E-state index is -1.08. The van der Waals surface area contributed by atoms with E-state index in [2.05, 4.69) is 24.3 Å². The number of hydrogen-bond donors (Lipinski definition) is 4. The highest BCUT2D eigenvalue weighted by atomic mass is 16.5. The van der Waals surface area contributed by atoms with Gasteiger partial charge in [-0.1, -0.05) is 48.5 Å². The first-order chi connectivity index (χ1) is 19.3. The molecular weight excluding hydrogens is 520 g/mol. The number of esters is 1. The molecule has 0 radical (unpaired) electrons. The monoisotopic (exact) mass is 560 g/mol. The second-order valence-corrected chi connectivity index (χ2v) is 9.02. The number of rotatable bonds is 18. The Morgan fingerprint density at radius 2 is 1.23 bits per heavy atom. The van der Waals surface area contributed by atoms with E-state index in [0.717, 1.165) is 6.42 Å². The van der Waals surface area contributed by atoms with E-state index in [-0.39, 0.29) is 25.4 Å². The van der Waals surface area contributed by atoms with Gasteiger partial charge in [-0.15, -0.1) is 0 Å². The molecule has 1 unspecified atom stereocenters. The molecule has 1 aliphatic rings. The van der Waals surface area contributed by atoms with Gasteiger partial charge in [-0.05, 0) is 41.6 Å². The van der Waals surface area contributed by atoms with Crippen molar-refractivity contribution in [1.82, 2.24) is 0 Å². The van der Waals surface area contributed by atoms with Crippen molar-refractivity contribution in [3.8, 4) is 11.1 Å². The molecule has 2 aromatic rings. The highest BCUT2D eigenvalue weighted by Crippen LogP contribution is 2.44. The Labute approximate surface area is 234 Å². The van der Waals surface area contributed by atoms with E-state index in [4.69, 9.17) is 40.6 Å². The molecule has 3 rings (SSSR count).